The molecule has 120 valence electrons. The number of hydrogen-bond donors (Lipinski definition) is 1. The second kappa shape index (κ2) is 10.6. The van der Waals surface area contributed by atoms with Gasteiger partial charge in [-0.25, -0.2) is 0 Å². The predicted octanol–water partition coefficient (Wildman–Crippen LogP) is 4.33. The van der Waals surface area contributed by atoms with E-state index < -0.39 is 0 Å². The van der Waals surface area contributed by atoms with Crippen LogP contribution in [0, 0.1) is 0 Å². The molecule has 3 heteroatoms. The molecule has 0 aliphatic heterocycles. The summed E-state index contributed by atoms with van der Waals surface area (Å²) < 4.78 is 11.3. The molecular formula is C18H31NO2. The van der Waals surface area contributed by atoms with Crippen molar-refractivity contribution in [2.45, 2.75) is 58.6 Å². The van der Waals surface area contributed by atoms with Gasteiger partial charge in [-0.2, -0.15) is 0 Å². The minimum atomic E-state index is 0.111. The van der Waals surface area contributed by atoms with Crippen molar-refractivity contribution in [2.24, 2.45) is 0 Å². The molecule has 0 heterocycles. The van der Waals surface area contributed by atoms with Gasteiger partial charge in [-0.1, -0.05) is 52.2 Å². The zero-order valence-corrected chi connectivity index (χ0v) is 14.0. The fourth-order valence-corrected chi connectivity index (χ4v) is 2.19. The monoisotopic (exact) mass is 293 g/mol. The van der Waals surface area contributed by atoms with Gasteiger partial charge in [0.05, 0.1) is 13.2 Å². The van der Waals surface area contributed by atoms with Crippen LogP contribution in [0.1, 0.15) is 58.1 Å². The Hall–Kier alpha value is -1.06. The largest absolute Gasteiger partial charge is 0.497 e. The summed E-state index contributed by atoms with van der Waals surface area (Å²) in [7, 11) is 1.69. The van der Waals surface area contributed by atoms with Crippen molar-refractivity contribution in [3.8, 4) is 5.75 Å². The van der Waals surface area contributed by atoms with Crippen LogP contribution in [0.3, 0.4) is 0 Å². The van der Waals surface area contributed by atoms with Gasteiger partial charge in [-0.15, -0.1) is 0 Å². The highest BCUT2D eigenvalue weighted by Crippen LogP contribution is 2.21. The van der Waals surface area contributed by atoms with Gasteiger partial charge in [0, 0.05) is 19.2 Å². The van der Waals surface area contributed by atoms with Crippen LogP contribution in [0.5, 0.6) is 5.75 Å². The Morgan fingerprint density at radius 3 is 2.33 bits per heavy atom. The standard InChI is InChI=1S/C18H31NO2/c1-5-6-7-8-13-21-18(14-19-15(2)3)16-9-11-17(20-4)12-10-16/h9-12,15,18-19H,5-8,13-14H2,1-4H3. The first-order valence-corrected chi connectivity index (χ1v) is 8.16. The quantitative estimate of drug-likeness (QED) is 0.616. The molecule has 0 bridgehead atoms. The molecular weight excluding hydrogens is 262 g/mol. The Balaban J connectivity index is 2.53. The second-order valence-corrected chi connectivity index (χ2v) is 5.76. The topological polar surface area (TPSA) is 30.5 Å². The Labute approximate surface area is 130 Å². The number of rotatable bonds is 11. The van der Waals surface area contributed by atoms with Crippen molar-refractivity contribution < 1.29 is 9.47 Å². The van der Waals surface area contributed by atoms with E-state index >= 15 is 0 Å². The number of ether oxygens (including phenoxy) is 2. The van der Waals surface area contributed by atoms with E-state index in [0.29, 0.717) is 6.04 Å². The first kappa shape index (κ1) is 18.0. The summed E-state index contributed by atoms with van der Waals surface area (Å²) in [6, 6.07) is 8.65. The average Bonchev–Trinajstić information content (AvgIpc) is 2.50. The predicted molar refractivity (Wildman–Crippen MR) is 89.0 cm³/mol. The normalized spacial score (nSPS) is 12.6. The van der Waals surface area contributed by atoms with E-state index in [4.69, 9.17) is 9.47 Å². The van der Waals surface area contributed by atoms with Crippen LogP contribution in [-0.4, -0.2) is 26.3 Å². The smallest absolute Gasteiger partial charge is 0.118 e. The second-order valence-electron chi connectivity index (χ2n) is 5.76. The van der Waals surface area contributed by atoms with Gasteiger partial charge < -0.3 is 14.8 Å². The fraction of sp³-hybridized carbons (Fsp3) is 0.667. The summed E-state index contributed by atoms with van der Waals surface area (Å²) in [6.45, 7) is 8.22. The lowest BCUT2D eigenvalue weighted by molar-refractivity contribution is 0.0486. The number of nitrogens with one attached hydrogen (secondary N) is 1. The van der Waals surface area contributed by atoms with Gasteiger partial charge in [-0.3, -0.25) is 0 Å². The Kier molecular flexibility index (Phi) is 9.11. The van der Waals surface area contributed by atoms with Gasteiger partial charge in [0.2, 0.25) is 0 Å². The van der Waals surface area contributed by atoms with Crippen molar-refractivity contribution in [2.75, 3.05) is 20.3 Å². The summed E-state index contributed by atoms with van der Waals surface area (Å²) >= 11 is 0. The van der Waals surface area contributed by atoms with E-state index in [0.717, 1.165) is 25.3 Å². The van der Waals surface area contributed by atoms with E-state index in [1.165, 1.54) is 24.8 Å². The van der Waals surface area contributed by atoms with Crippen molar-refractivity contribution in [3.63, 3.8) is 0 Å². The lowest BCUT2D eigenvalue weighted by Crippen LogP contribution is -2.29. The van der Waals surface area contributed by atoms with E-state index in [9.17, 15) is 0 Å². The minimum absolute atomic E-state index is 0.111. The minimum Gasteiger partial charge on any atom is -0.497 e. The number of benzene rings is 1. The molecule has 1 aromatic rings. The molecule has 1 unspecified atom stereocenters. The zero-order chi connectivity index (χ0) is 15.5. The Morgan fingerprint density at radius 2 is 1.76 bits per heavy atom. The van der Waals surface area contributed by atoms with E-state index in [-0.39, 0.29) is 6.10 Å². The summed E-state index contributed by atoms with van der Waals surface area (Å²) in [6.07, 6.45) is 5.06. The third-order valence-electron chi connectivity index (χ3n) is 3.52. The van der Waals surface area contributed by atoms with Gasteiger partial charge >= 0.3 is 0 Å². The van der Waals surface area contributed by atoms with Crippen molar-refractivity contribution in [1.29, 1.82) is 0 Å². The fourth-order valence-electron chi connectivity index (χ4n) is 2.19. The molecule has 0 saturated heterocycles. The highest BCUT2D eigenvalue weighted by Gasteiger charge is 2.12. The van der Waals surface area contributed by atoms with Gasteiger partial charge in [0.1, 0.15) is 5.75 Å². The van der Waals surface area contributed by atoms with Crippen LogP contribution < -0.4 is 10.1 Å². The van der Waals surface area contributed by atoms with Crippen LogP contribution in [-0.2, 0) is 4.74 Å². The maximum atomic E-state index is 6.10. The lowest BCUT2D eigenvalue weighted by atomic mass is 10.1. The molecule has 0 aliphatic carbocycles. The highest BCUT2D eigenvalue weighted by atomic mass is 16.5. The van der Waals surface area contributed by atoms with Crippen LogP contribution in [0.4, 0.5) is 0 Å². The molecule has 1 aromatic carbocycles. The first-order valence-electron chi connectivity index (χ1n) is 8.16. The van der Waals surface area contributed by atoms with Gasteiger partial charge in [0.25, 0.3) is 0 Å². The molecule has 0 saturated carbocycles. The maximum Gasteiger partial charge on any atom is 0.118 e. The molecule has 0 radical (unpaired) electrons. The molecule has 0 spiro atoms. The third-order valence-corrected chi connectivity index (χ3v) is 3.52. The molecule has 3 nitrogen and oxygen atoms in total. The number of methoxy groups -OCH3 is 1. The summed E-state index contributed by atoms with van der Waals surface area (Å²) in [5.41, 5.74) is 1.21. The Bertz CT molecular complexity index is 362. The maximum absolute atomic E-state index is 6.10. The molecule has 1 rings (SSSR count). The Morgan fingerprint density at radius 1 is 1.05 bits per heavy atom. The van der Waals surface area contributed by atoms with Crippen molar-refractivity contribution >= 4 is 0 Å². The van der Waals surface area contributed by atoms with Crippen LogP contribution in [0.2, 0.25) is 0 Å². The van der Waals surface area contributed by atoms with Crippen LogP contribution >= 0.6 is 0 Å². The SMILES string of the molecule is CCCCCCOC(CNC(C)C)c1ccc(OC)cc1. The molecule has 21 heavy (non-hydrogen) atoms. The number of hydrogen-bond acceptors (Lipinski definition) is 3. The summed E-state index contributed by atoms with van der Waals surface area (Å²) in [5.74, 6) is 0.886. The first-order chi connectivity index (χ1) is 10.2. The molecule has 1 atom stereocenters. The molecule has 1 N–H and O–H groups in total. The van der Waals surface area contributed by atoms with Gasteiger partial charge in [0.15, 0.2) is 0 Å². The van der Waals surface area contributed by atoms with E-state index in [1.807, 2.05) is 12.1 Å². The molecule has 0 aliphatic rings. The lowest BCUT2D eigenvalue weighted by Gasteiger charge is -2.21. The van der Waals surface area contributed by atoms with Crippen molar-refractivity contribution in [3.05, 3.63) is 29.8 Å². The average molecular weight is 293 g/mol. The molecule has 0 aromatic heterocycles. The zero-order valence-electron chi connectivity index (χ0n) is 14.0. The highest BCUT2D eigenvalue weighted by molar-refractivity contribution is 5.28. The summed E-state index contributed by atoms with van der Waals surface area (Å²) in [5, 5.41) is 3.47. The van der Waals surface area contributed by atoms with Gasteiger partial charge in [-0.05, 0) is 24.1 Å². The number of unbranched alkanes of at least 4 members (excludes halogenated alkanes) is 3. The van der Waals surface area contributed by atoms with Crippen LogP contribution in [0.25, 0.3) is 0 Å². The summed E-state index contributed by atoms with van der Waals surface area (Å²) in [4.78, 5) is 0. The molecule has 0 amide bonds. The van der Waals surface area contributed by atoms with E-state index in [2.05, 4.69) is 38.2 Å². The third kappa shape index (κ3) is 7.49. The van der Waals surface area contributed by atoms with Crippen LogP contribution in [0.15, 0.2) is 24.3 Å². The molecule has 0 fully saturated rings. The van der Waals surface area contributed by atoms with E-state index in [1.54, 1.807) is 7.11 Å². The van der Waals surface area contributed by atoms with Crippen molar-refractivity contribution in [1.82, 2.24) is 5.32 Å².